The van der Waals surface area contributed by atoms with Crippen LogP contribution in [0.15, 0.2) is 16.4 Å². The zero-order valence-electron chi connectivity index (χ0n) is 7.97. The van der Waals surface area contributed by atoms with Crippen molar-refractivity contribution in [3.05, 3.63) is 11.4 Å². The SMILES string of the molecule is NCCC1=NC2=C(CCCN2)CC1. The number of aliphatic imine (C=N–C) groups is 1. The molecule has 3 nitrogen and oxygen atoms in total. The smallest absolute Gasteiger partial charge is 0.125 e. The minimum absolute atomic E-state index is 0.724. The predicted octanol–water partition coefficient (Wildman–Crippen LogP) is 1.17. The summed E-state index contributed by atoms with van der Waals surface area (Å²) in [4.78, 5) is 4.60. The highest BCUT2D eigenvalue weighted by Crippen LogP contribution is 2.25. The van der Waals surface area contributed by atoms with Crippen LogP contribution < -0.4 is 11.1 Å². The highest BCUT2D eigenvalue weighted by atomic mass is 15.0. The highest BCUT2D eigenvalue weighted by Gasteiger charge is 2.16. The lowest BCUT2D eigenvalue weighted by Gasteiger charge is -2.24. The van der Waals surface area contributed by atoms with Crippen molar-refractivity contribution >= 4 is 5.71 Å². The zero-order valence-corrected chi connectivity index (χ0v) is 7.97. The van der Waals surface area contributed by atoms with Gasteiger partial charge in [0.1, 0.15) is 5.82 Å². The number of nitrogens with two attached hydrogens (primary N) is 1. The number of hydrogen-bond donors (Lipinski definition) is 2. The Morgan fingerprint density at radius 3 is 3.08 bits per heavy atom. The zero-order chi connectivity index (χ0) is 9.10. The van der Waals surface area contributed by atoms with E-state index in [1.807, 2.05) is 0 Å². The van der Waals surface area contributed by atoms with Crippen LogP contribution >= 0.6 is 0 Å². The normalized spacial score (nSPS) is 22.1. The highest BCUT2D eigenvalue weighted by molar-refractivity contribution is 5.86. The number of nitrogens with one attached hydrogen (secondary N) is 1. The number of nitrogens with zero attached hydrogens (tertiary/aromatic N) is 1. The average Bonchev–Trinajstić information content (AvgIpc) is 2.18. The monoisotopic (exact) mass is 179 g/mol. The lowest BCUT2D eigenvalue weighted by Crippen LogP contribution is -2.25. The topological polar surface area (TPSA) is 50.4 Å². The van der Waals surface area contributed by atoms with Crippen LogP contribution in [0.25, 0.3) is 0 Å². The van der Waals surface area contributed by atoms with Crippen LogP contribution in [-0.2, 0) is 0 Å². The van der Waals surface area contributed by atoms with Crippen molar-refractivity contribution in [1.82, 2.24) is 5.32 Å². The van der Waals surface area contributed by atoms with Gasteiger partial charge in [-0.3, -0.25) is 0 Å². The molecular formula is C10H17N3. The second-order valence-electron chi connectivity index (χ2n) is 3.70. The quantitative estimate of drug-likeness (QED) is 0.668. The molecule has 13 heavy (non-hydrogen) atoms. The Bertz CT molecular complexity index is 253. The summed E-state index contributed by atoms with van der Waals surface area (Å²) in [5.41, 5.74) is 8.30. The van der Waals surface area contributed by atoms with Gasteiger partial charge in [-0.2, -0.15) is 0 Å². The summed E-state index contributed by atoms with van der Waals surface area (Å²) in [5.74, 6) is 1.15. The van der Waals surface area contributed by atoms with Gasteiger partial charge in [0, 0.05) is 12.3 Å². The molecule has 0 aromatic rings. The van der Waals surface area contributed by atoms with Crippen molar-refractivity contribution < 1.29 is 0 Å². The Morgan fingerprint density at radius 1 is 1.31 bits per heavy atom. The van der Waals surface area contributed by atoms with Crippen molar-refractivity contribution in [2.45, 2.75) is 32.1 Å². The van der Waals surface area contributed by atoms with Gasteiger partial charge < -0.3 is 11.1 Å². The van der Waals surface area contributed by atoms with Crippen LogP contribution in [-0.4, -0.2) is 18.8 Å². The van der Waals surface area contributed by atoms with E-state index >= 15 is 0 Å². The molecule has 2 aliphatic heterocycles. The van der Waals surface area contributed by atoms with E-state index in [0.717, 1.165) is 31.8 Å². The molecule has 2 heterocycles. The second-order valence-corrected chi connectivity index (χ2v) is 3.70. The van der Waals surface area contributed by atoms with Gasteiger partial charge in [0.15, 0.2) is 0 Å². The molecule has 2 rings (SSSR count). The maximum Gasteiger partial charge on any atom is 0.125 e. The largest absolute Gasteiger partial charge is 0.370 e. The van der Waals surface area contributed by atoms with Crippen LogP contribution in [0.4, 0.5) is 0 Å². The maximum absolute atomic E-state index is 5.51. The summed E-state index contributed by atoms with van der Waals surface area (Å²) in [7, 11) is 0. The van der Waals surface area contributed by atoms with Crippen molar-refractivity contribution in [2.75, 3.05) is 13.1 Å². The van der Waals surface area contributed by atoms with Gasteiger partial charge in [-0.25, -0.2) is 4.99 Å². The summed E-state index contributed by atoms with van der Waals surface area (Å²) in [6, 6.07) is 0. The molecule has 0 aromatic heterocycles. The van der Waals surface area contributed by atoms with Crippen LogP contribution in [0.1, 0.15) is 32.1 Å². The Kier molecular flexibility index (Phi) is 2.64. The van der Waals surface area contributed by atoms with E-state index in [1.54, 1.807) is 0 Å². The molecule has 0 radical (unpaired) electrons. The van der Waals surface area contributed by atoms with Gasteiger partial charge in [-0.05, 0) is 44.2 Å². The lowest BCUT2D eigenvalue weighted by molar-refractivity contribution is 0.623. The Balaban J connectivity index is 2.11. The fraction of sp³-hybridized carbons (Fsp3) is 0.700. The Morgan fingerprint density at radius 2 is 2.23 bits per heavy atom. The van der Waals surface area contributed by atoms with E-state index in [2.05, 4.69) is 10.3 Å². The molecule has 72 valence electrons. The summed E-state index contributed by atoms with van der Waals surface area (Å²) < 4.78 is 0. The molecule has 3 N–H and O–H groups in total. The van der Waals surface area contributed by atoms with Gasteiger partial charge in [0.25, 0.3) is 0 Å². The fourth-order valence-corrected chi connectivity index (χ4v) is 1.97. The summed E-state index contributed by atoms with van der Waals surface area (Å²) >= 11 is 0. The first-order chi connectivity index (χ1) is 6.40. The minimum Gasteiger partial charge on any atom is -0.370 e. The molecule has 0 fully saturated rings. The second kappa shape index (κ2) is 3.92. The molecule has 0 aromatic carbocycles. The first kappa shape index (κ1) is 8.75. The standard InChI is InChI=1S/C10H17N3/c11-6-5-9-4-3-8-2-1-7-12-10(8)13-9/h12H,1-7,11H2. The van der Waals surface area contributed by atoms with Crippen molar-refractivity contribution in [2.24, 2.45) is 10.7 Å². The predicted molar refractivity (Wildman–Crippen MR) is 54.6 cm³/mol. The molecule has 0 aliphatic carbocycles. The van der Waals surface area contributed by atoms with Gasteiger partial charge in [0.05, 0.1) is 0 Å². The molecule has 0 saturated carbocycles. The Labute approximate surface area is 79.1 Å². The van der Waals surface area contributed by atoms with Crippen LogP contribution in [0.2, 0.25) is 0 Å². The lowest BCUT2D eigenvalue weighted by atomic mass is 9.97. The van der Waals surface area contributed by atoms with Crippen molar-refractivity contribution in [3.63, 3.8) is 0 Å². The summed E-state index contributed by atoms with van der Waals surface area (Å²) in [6.45, 7) is 1.81. The first-order valence-electron chi connectivity index (χ1n) is 5.12. The molecule has 0 amide bonds. The van der Waals surface area contributed by atoms with Gasteiger partial charge in [-0.15, -0.1) is 0 Å². The van der Waals surface area contributed by atoms with Crippen molar-refractivity contribution in [3.8, 4) is 0 Å². The number of allylic oxidation sites excluding steroid dienone is 1. The molecule has 0 spiro atoms. The van der Waals surface area contributed by atoms with E-state index < -0.39 is 0 Å². The van der Waals surface area contributed by atoms with Gasteiger partial charge in [0.2, 0.25) is 0 Å². The average molecular weight is 179 g/mol. The van der Waals surface area contributed by atoms with E-state index in [0.29, 0.717) is 0 Å². The minimum atomic E-state index is 0.724. The fourth-order valence-electron chi connectivity index (χ4n) is 1.97. The molecule has 0 atom stereocenters. The molecular weight excluding hydrogens is 162 g/mol. The van der Waals surface area contributed by atoms with Crippen LogP contribution in [0.5, 0.6) is 0 Å². The first-order valence-corrected chi connectivity index (χ1v) is 5.12. The Hall–Kier alpha value is -0.830. The molecule has 0 unspecified atom stereocenters. The summed E-state index contributed by atoms with van der Waals surface area (Å²) in [5, 5.41) is 3.36. The van der Waals surface area contributed by atoms with Gasteiger partial charge >= 0.3 is 0 Å². The van der Waals surface area contributed by atoms with Gasteiger partial charge in [-0.1, -0.05) is 0 Å². The molecule has 0 bridgehead atoms. The van der Waals surface area contributed by atoms with E-state index in [9.17, 15) is 0 Å². The third-order valence-electron chi connectivity index (χ3n) is 2.70. The molecule has 3 heteroatoms. The van der Waals surface area contributed by atoms with Crippen molar-refractivity contribution in [1.29, 1.82) is 0 Å². The summed E-state index contributed by atoms with van der Waals surface area (Å²) in [6.07, 6.45) is 5.78. The third-order valence-corrected chi connectivity index (χ3v) is 2.70. The third kappa shape index (κ3) is 1.91. The van der Waals surface area contributed by atoms with E-state index in [4.69, 9.17) is 5.73 Å². The van der Waals surface area contributed by atoms with Crippen LogP contribution in [0, 0.1) is 0 Å². The van der Waals surface area contributed by atoms with E-state index in [-0.39, 0.29) is 0 Å². The number of hydrogen-bond acceptors (Lipinski definition) is 3. The molecule has 0 saturated heterocycles. The van der Waals surface area contributed by atoms with Crippen LogP contribution in [0.3, 0.4) is 0 Å². The maximum atomic E-state index is 5.51. The molecule has 2 aliphatic rings. The number of rotatable bonds is 2. The van der Waals surface area contributed by atoms with E-state index in [1.165, 1.54) is 30.5 Å².